The van der Waals surface area contributed by atoms with E-state index in [1.54, 1.807) is 6.08 Å². The van der Waals surface area contributed by atoms with E-state index in [-0.39, 0.29) is 0 Å². The van der Waals surface area contributed by atoms with Crippen LogP contribution in [0.4, 0.5) is 0 Å². The van der Waals surface area contributed by atoms with E-state index < -0.39 is 10.9 Å². The number of benzene rings is 1. The Balaban J connectivity index is 2.63. The van der Waals surface area contributed by atoms with Crippen LogP contribution >= 0.6 is 0 Å². The first kappa shape index (κ1) is 11.9. The van der Waals surface area contributed by atoms with Crippen LogP contribution in [0, 0.1) is 0 Å². The zero-order valence-electron chi connectivity index (χ0n) is 8.50. The summed E-state index contributed by atoms with van der Waals surface area (Å²) in [6.07, 6.45) is 2.40. The lowest BCUT2D eigenvalue weighted by Crippen LogP contribution is -2.22. The molecular weight excluding hydrogens is 210 g/mol. The van der Waals surface area contributed by atoms with E-state index in [9.17, 15) is 8.42 Å². The molecule has 15 heavy (non-hydrogen) atoms. The second-order valence-electron chi connectivity index (χ2n) is 3.19. The number of hydrogen-bond acceptors (Lipinski definition) is 2. The summed E-state index contributed by atoms with van der Waals surface area (Å²) in [6.45, 7) is 4.51. The van der Waals surface area contributed by atoms with E-state index >= 15 is 0 Å². The van der Waals surface area contributed by atoms with Gasteiger partial charge in [0, 0.05) is 13.1 Å². The van der Waals surface area contributed by atoms with Crippen molar-refractivity contribution in [3.8, 4) is 0 Å². The van der Waals surface area contributed by atoms with Gasteiger partial charge in [0.05, 0.1) is 0 Å². The highest BCUT2D eigenvalue weighted by Gasteiger charge is 2.06. The SMILES string of the molecule is C=CCCN(Cc1ccccc1)[SH](=O)=O. The molecule has 0 amide bonds. The van der Waals surface area contributed by atoms with E-state index in [1.165, 1.54) is 4.31 Å². The van der Waals surface area contributed by atoms with Crippen LogP contribution in [0.3, 0.4) is 0 Å². The molecule has 82 valence electrons. The summed E-state index contributed by atoms with van der Waals surface area (Å²) in [5.41, 5.74) is 1.00. The third-order valence-corrected chi connectivity index (χ3v) is 2.83. The standard InChI is InChI=1S/C11H15NO2S/c1-2-3-9-12(15(13)14)10-11-7-5-4-6-8-11/h2,4-8,15H,1,3,9-10H2. The van der Waals surface area contributed by atoms with Crippen LogP contribution in [-0.2, 0) is 17.4 Å². The van der Waals surface area contributed by atoms with Crippen LogP contribution in [0.25, 0.3) is 0 Å². The number of rotatable bonds is 6. The molecule has 0 aliphatic carbocycles. The molecule has 0 aliphatic heterocycles. The summed E-state index contributed by atoms with van der Waals surface area (Å²) in [6, 6.07) is 9.55. The first-order valence-corrected chi connectivity index (χ1v) is 5.91. The third-order valence-electron chi connectivity index (χ3n) is 2.03. The van der Waals surface area contributed by atoms with Crippen LogP contribution in [0.1, 0.15) is 12.0 Å². The molecule has 0 fully saturated rings. The molecule has 0 radical (unpaired) electrons. The Morgan fingerprint density at radius 3 is 2.47 bits per heavy atom. The third kappa shape index (κ3) is 4.27. The predicted octanol–water partition coefficient (Wildman–Crippen LogP) is 1.59. The summed E-state index contributed by atoms with van der Waals surface area (Å²) in [5.74, 6) is 0. The van der Waals surface area contributed by atoms with Gasteiger partial charge in [0.2, 0.25) is 10.9 Å². The second-order valence-corrected chi connectivity index (χ2v) is 4.23. The Kier molecular flexibility index (Phi) is 5.07. The van der Waals surface area contributed by atoms with E-state index in [2.05, 4.69) is 6.58 Å². The smallest absolute Gasteiger partial charge is 0.204 e. The summed E-state index contributed by atoms with van der Waals surface area (Å²) in [5, 5.41) is 0. The van der Waals surface area contributed by atoms with Crippen LogP contribution in [-0.4, -0.2) is 19.3 Å². The van der Waals surface area contributed by atoms with Gasteiger partial charge in [-0.2, -0.15) is 4.31 Å². The molecule has 0 atom stereocenters. The van der Waals surface area contributed by atoms with Gasteiger partial charge >= 0.3 is 0 Å². The highest BCUT2D eigenvalue weighted by atomic mass is 32.2. The first-order valence-electron chi connectivity index (χ1n) is 4.78. The van der Waals surface area contributed by atoms with E-state index in [1.807, 2.05) is 30.3 Å². The fourth-order valence-electron chi connectivity index (χ4n) is 1.25. The summed E-state index contributed by atoms with van der Waals surface area (Å²) in [4.78, 5) is 0. The van der Waals surface area contributed by atoms with Gasteiger partial charge in [-0.1, -0.05) is 36.4 Å². The van der Waals surface area contributed by atoms with Crippen LogP contribution in [0.5, 0.6) is 0 Å². The largest absolute Gasteiger partial charge is 0.215 e. The lowest BCUT2D eigenvalue weighted by Gasteiger charge is -2.13. The summed E-state index contributed by atoms with van der Waals surface area (Å²) in [7, 11) is -2.51. The number of thiol groups is 1. The molecule has 0 unspecified atom stereocenters. The molecule has 0 bridgehead atoms. The molecule has 1 aromatic rings. The first-order chi connectivity index (χ1) is 7.24. The number of hydrogen-bond donors (Lipinski definition) is 1. The minimum absolute atomic E-state index is 0.438. The van der Waals surface area contributed by atoms with Crippen LogP contribution < -0.4 is 0 Å². The zero-order chi connectivity index (χ0) is 11.1. The Labute approximate surface area is 92.1 Å². The van der Waals surface area contributed by atoms with Gasteiger partial charge in [0.1, 0.15) is 0 Å². The summed E-state index contributed by atoms with van der Waals surface area (Å²) >= 11 is 0. The Bertz CT molecular complexity index is 365. The molecular formula is C11H15NO2S. The Morgan fingerprint density at radius 1 is 1.27 bits per heavy atom. The second kappa shape index (κ2) is 6.37. The van der Waals surface area contributed by atoms with Gasteiger partial charge in [-0.25, -0.2) is 8.42 Å². The van der Waals surface area contributed by atoms with Gasteiger partial charge < -0.3 is 0 Å². The van der Waals surface area contributed by atoms with Crippen molar-refractivity contribution >= 4 is 10.9 Å². The molecule has 4 heteroatoms. The van der Waals surface area contributed by atoms with Gasteiger partial charge in [0.25, 0.3) is 0 Å². The average molecular weight is 225 g/mol. The quantitative estimate of drug-likeness (QED) is 0.589. The maximum Gasteiger partial charge on any atom is 0.204 e. The van der Waals surface area contributed by atoms with Gasteiger partial charge in [-0.15, -0.1) is 6.58 Å². The van der Waals surface area contributed by atoms with Crippen molar-refractivity contribution in [2.75, 3.05) is 6.54 Å². The molecule has 0 N–H and O–H groups in total. The molecule has 0 saturated carbocycles. The molecule has 1 aromatic carbocycles. The Hall–Kier alpha value is -1.13. The molecule has 1 rings (SSSR count). The molecule has 0 aliphatic rings. The van der Waals surface area contributed by atoms with Crippen molar-refractivity contribution in [2.45, 2.75) is 13.0 Å². The normalized spacial score (nSPS) is 10.8. The van der Waals surface area contributed by atoms with Crippen molar-refractivity contribution in [3.63, 3.8) is 0 Å². The van der Waals surface area contributed by atoms with Crippen molar-refractivity contribution in [1.29, 1.82) is 0 Å². The van der Waals surface area contributed by atoms with Crippen molar-refractivity contribution < 1.29 is 8.42 Å². The predicted molar refractivity (Wildman–Crippen MR) is 62.0 cm³/mol. The fourth-order valence-corrected chi connectivity index (χ4v) is 1.81. The number of nitrogens with zero attached hydrogens (tertiary/aromatic N) is 1. The Morgan fingerprint density at radius 2 is 1.93 bits per heavy atom. The van der Waals surface area contributed by atoms with E-state index in [4.69, 9.17) is 0 Å². The lowest BCUT2D eigenvalue weighted by molar-refractivity contribution is 0.427. The van der Waals surface area contributed by atoms with E-state index in [0.717, 1.165) is 5.56 Å². The maximum atomic E-state index is 10.9. The molecule has 0 spiro atoms. The molecule has 0 heterocycles. The maximum absolute atomic E-state index is 10.9. The van der Waals surface area contributed by atoms with Gasteiger partial charge in [0.15, 0.2) is 0 Å². The topological polar surface area (TPSA) is 37.4 Å². The monoisotopic (exact) mass is 225 g/mol. The van der Waals surface area contributed by atoms with Crippen molar-refractivity contribution in [1.82, 2.24) is 4.31 Å². The fraction of sp³-hybridized carbons (Fsp3) is 0.273. The highest BCUT2D eigenvalue weighted by Crippen LogP contribution is 2.05. The van der Waals surface area contributed by atoms with Crippen LogP contribution in [0.15, 0.2) is 43.0 Å². The van der Waals surface area contributed by atoms with Crippen molar-refractivity contribution in [3.05, 3.63) is 48.6 Å². The minimum atomic E-state index is -2.51. The average Bonchev–Trinajstić information content (AvgIpc) is 2.25. The molecule has 0 saturated heterocycles. The van der Waals surface area contributed by atoms with Crippen LogP contribution in [0.2, 0.25) is 0 Å². The summed E-state index contributed by atoms with van der Waals surface area (Å²) < 4.78 is 23.3. The zero-order valence-corrected chi connectivity index (χ0v) is 9.40. The van der Waals surface area contributed by atoms with Crippen molar-refractivity contribution in [2.24, 2.45) is 0 Å². The minimum Gasteiger partial charge on any atom is -0.215 e. The highest BCUT2D eigenvalue weighted by molar-refractivity contribution is 7.69. The molecule has 0 aromatic heterocycles. The van der Waals surface area contributed by atoms with Gasteiger partial charge in [-0.05, 0) is 12.0 Å². The van der Waals surface area contributed by atoms with E-state index in [0.29, 0.717) is 19.5 Å². The van der Waals surface area contributed by atoms with Gasteiger partial charge in [-0.3, -0.25) is 0 Å². The lowest BCUT2D eigenvalue weighted by atomic mass is 10.2. The molecule has 3 nitrogen and oxygen atoms in total.